The second-order valence-corrected chi connectivity index (χ2v) is 7.65. The van der Waals surface area contributed by atoms with Crippen LogP contribution in [-0.2, 0) is 16.6 Å². The number of likely N-dealkylation sites (tertiary alicyclic amines) is 1. The highest BCUT2D eigenvalue weighted by molar-refractivity contribution is 5.94. The highest BCUT2D eigenvalue weighted by Gasteiger charge is 2.34. The lowest BCUT2D eigenvalue weighted by atomic mass is 9.90. The number of esters is 1. The van der Waals surface area contributed by atoms with Crippen LogP contribution in [0.1, 0.15) is 44.5 Å². The molecular formula is C18H26N2O4. The number of hydrogen-bond donors (Lipinski definition) is 0. The Bertz CT molecular complexity index is 687. The van der Waals surface area contributed by atoms with Crippen molar-refractivity contribution in [3.05, 3.63) is 34.2 Å². The molecule has 2 rings (SSSR count). The maximum atomic E-state index is 12.7. The van der Waals surface area contributed by atoms with Crippen molar-refractivity contribution < 1.29 is 14.3 Å². The summed E-state index contributed by atoms with van der Waals surface area (Å²) in [4.78, 5) is 38.4. The molecule has 2 atom stereocenters. The lowest BCUT2D eigenvalue weighted by Crippen LogP contribution is -2.47. The van der Waals surface area contributed by atoms with Gasteiger partial charge in [-0.3, -0.25) is 14.4 Å². The Balaban J connectivity index is 2.15. The monoisotopic (exact) mass is 334 g/mol. The van der Waals surface area contributed by atoms with E-state index in [1.165, 1.54) is 10.6 Å². The second kappa shape index (κ2) is 6.79. The normalized spacial score (nSPS) is 21.5. The summed E-state index contributed by atoms with van der Waals surface area (Å²) in [6, 6.07) is 2.97. The average Bonchev–Trinajstić information content (AvgIpc) is 2.47. The molecule has 0 bridgehead atoms. The summed E-state index contributed by atoms with van der Waals surface area (Å²) >= 11 is 0. The molecule has 0 radical (unpaired) electrons. The van der Waals surface area contributed by atoms with Gasteiger partial charge in [0.2, 0.25) is 0 Å². The van der Waals surface area contributed by atoms with E-state index in [4.69, 9.17) is 4.74 Å². The van der Waals surface area contributed by atoms with E-state index in [-0.39, 0.29) is 29.3 Å². The van der Waals surface area contributed by atoms with Crippen LogP contribution in [0.3, 0.4) is 0 Å². The zero-order chi connectivity index (χ0) is 18.1. The van der Waals surface area contributed by atoms with Crippen LogP contribution >= 0.6 is 0 Å². The fraction of sp³-hybridized carbons (Fsp3) is 0.611. The molecule has 1 saturated heterocycles. The van der Waals surface area contributed by atoms with Crippen LogP contribution < -0.4 is 5.56 Å². The molecule has 1 aromatic heterocycles. The molecule has 24 heavy (non-hydrogen) atoms. The van der Waals surface area contributed by atoms with Crippen LogP contribution in [-0.4, -0.2) is 40.0 Å². The zero-order valence-corrected chi connectivity index (χ0v) is 15.0. The number of carbonyl (C=O) groups is 2. The van der Waals surface area contributed by atoms with Crippen molar-refractivity contribution in [2.75, 3.05) is 13.1 Å². The Morgan fingerprint density at radius 1 is 1.25 bits per heavy atom. The van der Waals surface area contributed by atoms with Crippen molar-refractivity contribution in [1.82, 2.24) is 9.47 Å². The van der Waals surface area contributed by atoms with Crippen LogP contribution in [0.2, 0.25) is 0 Å². The predicted octanol–water partition coefficient (Wildman–Crippen LogP) is 1.83. The van der Waals surface area contributed by atoms with Crippen LogP contribution in [0.15, 0.2) is 23.1 Å². The first kappa shape index (κ1) is 18.2. The fourth-order valence-corrected chi connectivity index (χ4v) is 2.94. The molecular weight excluding hydrogens is 308 g/mol. The second-order valence-electron chi connectivity index (χ2n) is 7.65. The Morgan fingerprint density at radius 3 is 2.50 bits per heavy atom. The van der Waals surface area contributed by atoms with Crippen molar-refractivity contribution >= 4 is 11.9 Å². The van der Waals surface area contributed by atoms with Gasteiger partial charge in [0, 0.05) is 38.0 Å². The maximum absolute atomic E-state index is 12.7. The predicted molar refractivity (Wildman–Crippen MR) is 90.7 cm³/mol. The highest BCUT2D eigenvalue weighted by Crippen LogP contribution is 2.25. The fourth-order valence-electron chi connectivity index (χ4n) is 2.94. The topological polar surface area (TPSA) is 68.6 Å². The summed E-state index contributed by atoms with van der Waals surface area (Å²) < 4.78 is 6.88. The van der Waals surface area contributed by atoms with Crippen molar-refractivity contribution in [2.24, 2.45) is 18.9 Å². The number of pyridine rings is 1. The van der Waals surface area contributed by atoms with Crippen LogP contribution in [0, 0.1) is 11.8 Å². The number of piperidine rings is 1. The summed E-state index contributed by atoms with van der Waals surface area (Å²) in [5.74, 6) is -0.612. The van der Waals surface area contributed by atoms with Gasteiger partial charge in [0.1, 0.15) is 5.60 Å². The largest absolute Gasteiger partial charge is 0.460 e. The van der Waals surface area contributed by atoms with Gasteiger partial charge in [-0.1, -0.05) is 6.92 Å². The first-order chi connectivity index (χ1) is 11.1. The summed E-state index contributed by atoms with van der Waals surface area (Å²) in [6.45, 7) is 8.42. The van der Waals surface area contributed by atoms with Gasteiger partial charge in [0.05, 0.1) is 5.92 Å². The molecule has 1 aliphatic heterocycles. The molecule has 1 aromatic rings. The van der Waals surface area contributed by atoms with Crippen LogP contribution in [0.4, 0.5) is 0 Å². The molecule has 0 unspecified atom stereocenters. The number of rotatable bonds is 2. The van der Waals surface area contributed by atoms with Gasteiger partial charge < -0.3 is 14.2 Å². The van der Waals surface area contributed by atoms with Gasteiger partial charge in [-0.2, -0.15) is 0 Å². The van der Waals surface area contributed by atoms with E-state index in [0.717, 1.165) is 0 Å². The molecule has 1 amide bonds. The van der Waals surface area contributed by atoms with E-state index >= 15 is 0 Å². The zero-order valence-electron chi connectivity index (χ0n) is 15.0. The molecule has 0 saturated carbocycles. The molecule has 0 aliphatic carbocycles. The van der Waals surface area contributed by atoms with Crippen molar-refractivity contribution in [2.45, 2.75) is 39.7 Å². The van der Waals surface area contributed by atoms with Gasteiger partial charge >= 0.3 is 5.97 Å². The molecule has 1 fully saturated rings. The Hall–Kier alpha value is -2.11. The third kappa shape index (κ3) is 4.46. The molecule has 0 N–H and O–H groups in total. The van der Waals surface area contributed by atoms with Crippen molar-refractivity contribution in [3.63, 3.8) is 0 Å². The van der Waals surface area contributed by atoms with Crippen molar-refractivity contribution in [1.29, 1.82) is 0 Å². The molecule has 6 heteroatoms. The first-order valence-electron chi connectivity index (χ1n) is 8.25. The summed E-state index contributed by atoms with van der Waals surface area (Å²) in [7, 11) is 1.64. The number of carbonyl (C=O) groups excluding carboxylic acids is 2. The number of hydrogen-bond acceptors (Lipinski definition) is 4. The Labute approximate surface area is 142 Å². The van der Waals surface area contributed by atoms with E-state index in [1.807, 2.05) is 27.7 Å². The molecule has 1 aliphatic rings. The van der Waals surface area contributed by atoms with E-state index in [0.29, 0.717) is 25.1 Å². The van der Waals surface area contributed by atoms with Crippen LogP contribution in [0.5, 0.6) is 0 Å². The number of nitrogens with zero attached hydrogens (tertiary/aromatic N) is 2. The maximum Gasteiger partial charge on any atom is 0.311 e. The minimum atomic E-state index is -0.543. The molecule has 0 aromatic carbocycles. The molecule has 2 heterocycles. The number of aryl methyl sites for hydroxylation is 1. The van der Waals surface area contributed by atoms with Gasteiger partial charge in [-0.05, 0) is 39.2 Å². The van der Waals surface area contributed by atoms with Gasteiger partial charge in [-0.15, -0.1) is 0 Å². The quantitative estimate of drug-likeness (QED) is 0.774. The van der Waals surface area contributed by atoms with E-state index in [2.05, 4.69) is 0 Å². The lowest BCUT2D eigenvalue weighted by molar-refractivity contribution is -0.162. The van der Waals surface area contributed by atoms with E-state index in [1.54, 1.807) is 24.2 Å². The smallest absolute Gasteiger partial charge is 0.311 e. The summed E-state index contributed by atoms with van der Waals surface area (Å²) in [5, 5.41) is 0. The Kier molecular flexibility index (Phi) is 5.16. The lowest BCUT2D eigenvalue weighted by Gasteiger charge is -2.36. The Morgan fingerprint density at radius 2 is 1.92 bits per heavy atom. The minimum absolute atomic E-state index is 0.201. The van der Waals surface area contributed by atoms with Crippen molar-refractivity contribution in [3.8, 4) is 0 Å². The van der Waals surface area contributed by atoms with E-state index < -0.39 is 5.60 Å². The first-order valence-corrected chi connectivity index (χ1v) is 8.25. The number of aromatic nitrogens is 1. The number of amides is 1. The average molecular weight is 334 g/mol. The summed E-state index contributed by atoms with van der Waals surface area (Å²) in [6.07, 6.45) is 2.28. The van der Waals surface area contributed by atoms with Gasteiger partial charge in [0.25, 0.3) is 11.5 Å². The third-order valence-electron chi connectivity index (χ3n) is 4.04. The SMILES string of the molecule is C[C@@H]1C[C@H](C(=O)OC(C)(C)C)CN(C(=O)c2ccn(C)c(=O)c2)C1. The molecule has 132 valence electrons. The summed E-state index contributed by atoms with van der Waals surface area (Å²) in [5.41, 5.74) is -0.414. The highest BCUT2D eigenvalue weighted by atomic mass is 16.6. The molecule has 0 spiro atoms. The van der Waals surface area contributed by atoms with E-state index in [9.17, 15) is 14.4 Å². The number of ether oxygens (including phenoxy) is 1. The standard InChI is InChI=1S/C18H26N2O4/c1-12-8-14(17(23)24-18(2,3)4)11-20(10-12)16(22)13-6-7-19(5)15(21)9-13/h6-7,9,12,14H,8,10-11H2,1-5H3/t12-,14+/m1/s1. The van der Waals surface area contributed by atoms with Crippen LogP contribution in [0.25, 0.3) is 0 Å². The van der Waals surface area contributed by atoms with Gasteiger partial charge in [-0.25, -0.2) is 0 Å². The molecule has 6 nitrogen and oxygen atoms in total. The third-order valence-corrected chi connectivity index (χ3v) is 4.04. The minimum Gasteiger partial charge on any atom is -0.460 e. The van der Waals surface area contributed by atoms with Gasteiger partial charge in [0.15, 0.2) is 0 Å².